The summed E-state index contributed by atoms with van der Waals surface area (Å²) in [4.78, 5) is 2.80. The van der Waals surface area contributed by atoms with Crippen molar-refractivity contribution in [2.24, 2.45) is 11.8 Å². The van der Waals surface area contributed by atoms with Crippen molar-refractivity contribution in [2.45, 2.75) is 71.4 Å². The quantitative estimate of drug-likeness (QED) is 0.780. The zero-order valence-corrected chi connectivity index (χ0v) is 12.6. The molecule has 0 bridgehead atoms. The zero-order chi connectivity index (χ0) is 13.0. The highest BCUT2D eigenvalue weighted by Crippen LogP contribution is 2.34. The van der Waals surface area contributed by atoms with Crippen molar-refractivity contribution in [3.8, 4) is 0 Å². The topological polar surface area (TPSA) is 15.3 Å². The molecule has 2 fully saturated rings. The molecule has 0 radical (unpaired) electrons. The van der Waals surface area contributed by atoms with Crippen molar-refractivity contribution in [1.29, 1.82) is 0 Å². The predicted octanol–water partition coefficient (Wildman–Crippen LogP) is 3.28. The molecule has 1 saturated heterocycles. The van der Waals surface area contributed by atoms with Crippen molar-refractivity contribution >= 4 is 0 Å². The second-order valence-electron chi connectivity index (χ2n) is 6.73. The molecule has 1 N–H and O–H groups in total. The van der Waals surface area contributed by atoms with Crippen LogP contribution >= 0.6 is 0 Å². The average Bonchev–Trinajstić information content (AvgIpc) is 2.32. The van der Waals surface area contributed by atoms with Crippen molar-refractivity contribution < 1.29 is 0 Å². The standard InChI is InChI=1S/C16H32N2/c1-4-6-14-10-15(17-7-5-2)12-18(11-14)16-8-13(3)9-16/h13-17H,4-12H2,1-3H3. The Hall–Kier alpha value is -0.0800. The van der Waals surface area contributed by atoms with E-state index in [1.807, 2.05) is 0 Å². The van der Waals surface area contributed by atoms with Gasteiger partial charge >= 0.3 is 0 Å². The largest absolute Gasteiger partial charge is 0.313 e. The van der Waals surface area contributed by atoms with E-state index in [9.17, 15) is 0 Å². The average molecular weight is 252 g/mol. The van der Waals surface area contributed by atoms with Gasteiger partial charge in [0.1, 0.15) is 0 Å². The molecule has 0 aromatic carbocycles. The summed E-state index contributed by atoms with van der Waals surface area (Å²) in [6.45, 7) is 10.9. The molecule has 1 aliphatic carbocycles. The van der Waals surface area contributed by atoms with Crippen LogP contribution in [0.5, 0.6) is 0 Å². The highest BCUT2D eigenvalue weighted by molar-refractivity contribution is 4.91. The van der Waals surface area contributed by atoms with Gasteiger partial charge in [0.15, 0.2) is 0 Å². The summed E-state index contributed by atoms with van der Waals surface area (Å²) in [6, 6.07) is 1.66. The van der Waals surface area contributed by atoms with Gasteiger partial charge in [-0.25, -0.2) is 0 Å². The summed E-state index contributed by atoms with van der Waals surface area (Å²) in [5.41, 5.74) is 0. The van der Waals surface area contributed by atoms with Crippen LogP contribution in [-0.2, 0) is 0 Å². The molecule has 2 atom stereocenters. The second-order valence-corrected chi connectivity index (χ2v) is 6.73. The highest BCUT2D eigenvalue weighted by Gasteiger charge is 2.35. The molecule has 2 nitrogen and oxygen atoms in total. The van der Waals surface area contributed by atoms with Gasteiger partial charge in [0.2, 0.25) is 0 Å². The van der Waals surface area contributed by atoms with Gasteiger partial charge in [-0.05, 0) is 50.5 Å². The molecule has 1 saturated carbocycles. The maximum atomic E-state index is 3.76. The molecule has 0 amide bonds. The summed E-state index contributed by atoms with van der Waals surface area (Å²) in [5, 5.41) is 3.76. The molecule has 106 valence electrons. The first-order valence-electron chi connectivity index (χ1n) is 8.20. The van der Waals surface area contributed by atoms with Crippen molar-refractivity contribution in [3.05, 3.63) is 0 Å². The molecule has 2 aliphatic rings. The molecule has 1 heterocycles. The van der Waals surface area contributed by atoms with Crippen LogP contribution < -0.4 is 5.32 Å². The molecule has 1 aliphatic heterocycles. The number of nitrogens with one attached hydrogen (secondary N) is 1. The van der Waals surface area contributed by atoms with E-state index in [1.54, 1.807) is 0 Å². The fraction of sp³-hybridized carbons (Fsp3) is 1.00. The third kappa shape index (κ3) is 3.71. The van der Waals surface area contributed by atoms with Gasteiger partial charge in [0.25, 0.3) is 0 Å². The van der Waals surface area contributed by atoms with Crippen LogP contribution in [0.4, 0.5) is 0 Å². The Morgan fingerprint density at radius 2 is 1.83 bits per heavy atom. The molecule has 0 spiro atoms. The van der Waals surface area contributed by atoms with Gasteiger partial charge in [0.05, 0.1) is 0 Å². The normalized spacial score (nSPS) is 37.5. The summed E-state index contributed by atoms with van der Waals surface area (Å²) in [6.07, 6.45) is 8.32. The van der Waals surface area contributed by atoms with Gasteiger partial charge in [-0.2, -0.15) is 0 Å². The lowest BCUT2D eigenvalue weighted by Gasteiger charge is -2.47. The maximum Gasteiger partial charge on any atom is 0.0198 e. The lowest BCUT2D eigenvalue weighted by atomic mass is 9.78. The highest BCUT2D eigenvalue weighted by atomic mass is 15.2. The summed E-state index contributed by atoms with van der Waals surface area (Å²) in [7, 11) is 0. The third-order valence-electron chi connectivity index (χ3n) is 4.81. The Morgan fingerprint density at radius 1 is 1.06 bits per heavy atom. The number of rotatable bonds is 6. The van der Waals surface area contributed by atoms with Gasteiger partial charge in [0, 0.05) is 25.2 Å². The van der Waals surface area contributed by atoms with E-state index in [2.05, 4.69) is 31.0 Å². The van der Waals surface area contributed by atoms with Crippen LogP contribution in [0.2, 0.25) is 0 Å². The Labute approximate surface area is 114 Å². The number of nitrogens with zero attached hydrogens (tertiary/aromatic N) is 1. The summed E-state index contributed by atoms with van der Waals surface area (Å²) in [5.74, 6) is 1.91. The number of piperidine rings is 1. The monoisotopic (exact) mass is 252 g/mol. The molecule has 18 heavy (non-hydrogen) atoms. The number of hydrogen-bond acceptors (Lipinski definition) is 2. The third-order valence-corrected chi connectivity index (χ3v) is 4.81. The number of likely N-dealkylation sites (tertiary alicyclic amines) is 1. The first-order valence-corrected chi connectivity index (χ1v) is 8.20. The zero-order valence-electron chi connectivity index (χ0n) is 12.6. The Kier molecular flexibility index (Phi) is 5.50. The predicted molar refractivity (Wildman–Crippen MR) is 78.9 cm³/mol. The lowest BCUT2D eigenvalue weighted by Crippen LogP contribution is -2.55. The van der Waals surface area contributed by atoms with Crippen molar-refractivity contribution in [1.82, 2.24) is 10.2 Å². The van der Waals surface area contributed by atoms with Crippen LogP contribution in [0, 0.1) is 11.8 Å². The first-order chi connectivity index (χ1) is 8.72. The smallest absolute Gasteiger partial charge is 0.0198 e. The number of hydrogen-bond donors (Lipinski definition) is 1. The molecular weight excluding hydrogens is 220 g/mol. The first kappa shape index (κ1) is 14.3. The van der Waals surface area contributed by atoms with Crippen molar-refractivity contribution in [2.75, 3.05) is 19.6 Å². The Morgan fingerprint density at radius 3 is 2.44 bits per heavy atom. The fourth-order valence-electron chi connectivity index (χ4n) is 3.81. The molecule has 2 unspecified atom stereocenters. The van der Waals surface area contributed by atoms with Crippen LogP contribution in [0.15, 0.2) is 0 Å². The minimum absolute atomic E-state index is 0.756. The van der Waals surface area contributed by atoms with Gasteiger partial charge in [-0.1, -0.05) is 27.2 Å². The molecule has 2 heteroatoms. The van der Waals surface area contributed by atoms with Crippen LogP contribution in [0.3, 0.4) is 0 Å². The minimum atomic E-state index is 0.756. The second kappa shape index (κ2) is 6.91. The molecule has 0 aromatic heterocycles. The fourth-order valence-corrected chi connectivity index (χ4v) is 3.81. The van der Waals surface area contributed by atoms with E-state index in [0.717, 1.165) is 23.9 Å². The van der Waals surface area contributed by atoms with E-state index in [4.69, 9.17) is 0 Å². The van der Waals surface area contributed by atoms with Gasteiger partial charge in [-0.15, -0.1) is 0 Å². The molecule has 0 aromatic rings. The van der Waals surface area contributed by atoms with E-state index < -0.39 is 0 Å². The Balaban J connectivity index is 1.84. The summed E-state index contributed by atoms with van der Waals surface area (Å²) >= 11 is 0. The minimum Gasteiger partial charge on any atom is -0.313 e. The van der Waals surface area contributed by atoms with E-state index in [0.29, 0.717) is 0 Å². The van der Waals surface area contributed by atoms with Crippen LogP contribution in [0.25, 0.3) is 0 Å². The van der Waals surface area contributed by atoms with Crippen molar-refractivity contribution in [3.63, 3.8) is 0 Å². The SMILES string of the molecule is CCCNC1CC(CCC)CN(C2CC(C)C2)C1. The van der Waals surface area contributed by atoms with E-state index in [-0.39, 0.29) is 0 Å². The Bertz CT molecular complexity index is 235. The van der Waals surface area contributed by atoms with E-state index in [1.165, 1.54) is 58.2 Å². The van der Waals surface area contributed by atoms with Gasteiger partial charge < -0.3 is 5.32 Å². The molecular formula is C16H32N2. The van der Waals surface area contributed by atoms with E-state index >= 15 is 0 Å². The van der Waals surface area contributed by atoms with Gasteiger partial charge in [-0.3, -0.25) is 4.90 Å². The lowest BCUT2D eigenvalue weighted by molar-refractivity contribution is 0.0319. The van der Waals surface area contributed by atoms with Crippen LogP contribution in [-0.4, -0.2) is 36.6 Å². The van der Waals surface area contributed by atoms with Crippen LogP contribution in [0.1, 0.15) is 59.3 Å². The maximum absolute atomic E-state index is 3.76. The summed E-state index contributed by atoms with van der Waals surface area (Å²) < 4.78 is 0. The molecule has 2 rings (SSSR count).